The monoisotopic (exact) mass is 298 g/mol. The lowest BCUT2D eigenvalue weighted by Crippen LogP contribution is -2.14. The molecule has 0 aliphatic heterocycles. The van der Waals surface area contributed by atoms with Crippen LogP contribution in [0.3, 0.4) is 0 Å². The van der Waals surface area contributed by atoms with Crippen molar-refractivity contribution in [2.24, 2.45) is 5.92 Å². The highest BCUT2D eigenvalue weighted by Gasteiger charge is 2.12. The third-order valence-corrected chi connectivity index (χ3v) is 2.98. The van der Waals surface area contributed by atoms with Gasteiger partial charge in [-0.3, -0.25) is 4.79 Å². The van der Waals surface area contributed by atoms with E-state index in [4.69, 9.17) is 4.74 Å². The fraction of sp³-hybridized carbons (Fsp3) is 0.500. The van der Waals surface area contributed by atoms with Gasteiger partial charge < -0.3 is 4.74 Å². The van der Waals surface area contributed by atoms with Crippen molar-refractivity contribution in [3.05, 3.63) is 35.9 Å². The summed E-state index contributed by atoms with van der Waals surface area (Å²) in [6.07, 6.45) is 2.19. The van der Waals surface area contributed by atoms with Gasteiger partial charge in [-0.25, -0.2) is 0 Å². The molecule has 0 saturated carbocycles. The predicted molar refractivity (Wildman–Crippen MR) is 73.0 cm³/mol. The molecule has 0 aliphatic rings. The molecular weight excluding hydrogens is 280 g/mol. The molecule has 0 N–H and O–H groups in total. The van der Waals surface area contributed by atoms with E-state index in [0.717, 1.165) is 12.8 Å². The Bertz CT molecular complexity index is 335. The maximum Gasteiger partial charge on any atom is 0.307 e. The van der Waals surface area contributed by atoms with E-state index in [1.165, 1.54) is 5.56 Å². The van der Waals surface area contributed by atoms with Crippen molar-refractivity contribution in [1.82, 2.24) is 0 Å². The Hall–Kier alpha value is -0.830. The molecule has 17 heavy (non-hydrogen) atoms. The number of aryl methyl sites for hydroxylation is 1. The summed E-state index contributed by atoms with van der Waals surface area (Å²) < 4.78 is 5.26. The van der Waals surface area contributed by atoms with Crippen LogP contribution in [0.5, 0.6) is 0 Å². The first kappa shape index (κ1) is 14.2. The fourth-order valence-corrected chi connectivity index (χ4v) is 1.95. The molecule has 0 amide bonds. The smallest absolute Gasteiger partial charge is 0.307 e. The van der Waals surface area contributed by atoms with E-state index in [-0.39, 0.29) is 11.0 Å². The minimum atomic E-state index is -0.186. The zero-order valence-corrected chi connectivity index (χ0v) is 11.9. The highest BCUT2D eigenvalue weighted by atomic mass is 79.9. The fourth-order valence-electron chi connectivity index (χ4n) is 1.51. The largest absolute Gasteiger partial charge is 0.451 e. The molecule has 1 atom stereocenters. The Kier molecular flexibility index (Phi) is 6.27. The lowest BCUT2D eigenvalue weighted by atomic mass is 10.1. The van der Waals surface area contributed by atoms with Crippen molar-refractivity contribution in [1.29, 1.82) is 0 Å². The summed E-state index contributed by atoms with van der Waals surface area (Å²) in [5.74, 6) is 0.214. The molecule has 1 rings (SSSR count). The molecule has 2 nitrogen and oxygen atoms in total. The van der Waals surface area contributed by atoms with E-state index < -0.39 is 0 Å². The van der Waals surface area contributed by atoms with Crippen molar-refractivity contribution in [3.8, 4) is 0 Å². The quantitative estimate of drug-likeness (QED) is 0.587. The molecule has 0 heterocycles. The van der Waals surface area contributed by atoms with Gasteiger partial charge >= 0.3 is 5.97 Å². The first-order chi connectivity index (χ1) is 8.08. The summed E-state index contributed by atoms with van der Waals surface area (Å²) in [6, 6.07) is 10.2. The number of carbonyl (C=O) groups excluding carboxylic acids is 1. The van der Waals surface area contributed by atoms with E-state index in [0.29, 0.717) is 12.3 Å². The van der Waals surface area contributed by atoms with Gasteiger partial charge in [0, 0.05) is 6.42 Å². The third-order valence-electron chi connectivity index (χ3n) is 2.34. The van der Waals surface area contributed by atoms with Crippen molar-refractivity contribution in [2.75, 3.05) is 0 Å². The first-order valence-electron chi connectivity index (χ1n) is 5.95. The van der Waals surface area contributed by atoms with E-state index in [1.54, 1.807) is 0 Å². The molecule has 0 saturated heterocycles. The SMILES string of the molecule is CC(C)CC(=O)OC(Br)CCc1ccccc1. The highest BCUT2D eigenvalue weighted by molar-refractivity contribution is 9.09. The molecule has 0 radical (unpaired) electrons. The zero-order valence-electron chi connectivity index (χ0n) is 10.4. The van der Waals surface area contributed by atoms with E-state index in [9.17, 15) is 4.79 Å². The van der Waals surface area contributed by atoms with Crippen LogP contribution in [0.1, 0.15) is 32.3 Å². The Morgan fingerprint density at radius 2 is 1.94 bits per heavy atom. The van der Waals surface area contributed by atoms with Crippen LogP contribution in [0.15, 0.2) is 30.3 Å². The maximum atomic E-state index is 11.4. The second-order valence-corrected chi connectivity index (χ2v) is 5.54. The van der Waals surface area contributed by atoms with E-state index in [1.807, 2.05) is 32.0 Å². The summed E-state index contributed by atoms with van der Waals surface area (Å²) in [4.78, 5) is 11.4. The van der Waals surface area contributed by atoms with Crippen LogP contribution in [0.25, 0.3) is 0 Å². The van der Waals surface area contributed by atoms with Crippen LogP contribution < -0.4 is 0 Å². The number of rotatable bonds is 6. The number of esters is 1. The maximum absolute atomic E-state index is 11.4. The minimum absolute atomic E-state index is 0.130. The summed E-state index contributed by atoms with van der Waals surface area (Å²) in [5.41, 5.74) is 1.26. The Morgan fingerprint density at radius 1 is 1.29 bits per heavy atom. The summed E-state index contributed by atoms with van der Waals surface area (Å²) in [5, 5.41) is -0.186. The zero-order chi connectivity index (χ0) is 12.7. The molecule has 0 aliphatic carbocycles. The molecule has 3 heteroatoms. The van der Waals surface area contributed by atoms with Crippen LogP contribution >= 0.6 is 15.9 Å². The minimum Gasteiger partial charge on any atom is -0.451 e. The van der Waals surface area contributed by atoms with Gasteiger partial charge in [0.25, 0.3) is 0 Å². The molecule has 1 aromatic rings. The molecular formula is C14H19BrO2. The topological polar surface area (TPSA) is 26.3 Å². The Balaban J connectivity index is 2.26. The van der Waals surface area contributed by atoms with Gasteiger partial charge in [-0.2, -0.15) is 0 Å². The van der Waals surface area contributed by atoms with E-state index >= 15 is 0 Å². The van der Waals surface area contributed by atoms with Crippen LogP contribution in [0.4, 0.5) is 0 Å². The van der Waals surface area contributed by atoms with Crippen molar-refractivity contribution in [3.63, 3.8) is 0 Å². The summed E-state index contributed by atoms with van der Waals surface area (Å²) >= 11 is 3.38. The molecule has 0 spiro atoms. The number of alkyl halides is 1. The van der Waals surface area contributed by atoms with Gasteiger partial charge in [0.2, 0.25) is 0 Å². The van der Waals surface area contributed by atoms with Gasteiger partial charge in [-0.15, -0.1) is 0 Å². The van der Waals surface area contributed by atoms with Crippen LogP contribution in [-0.2, 0) is 16.0 Å². The van der Waals surface area contributed by atoms with Crippen LogP contribution in [0, 0.1) is 5.92 Å². The number of halogens is 1. The predicted octanol–water partition coefficient (Wildman–Crippen LogP) is 3.93. The normalized spacial score (nSPS) is 12.5. The molecule has 94 valence electrons. The summed E-state index contributed by atoms with van der Waals surface area (Å²) in [6.45, 7) is 4.02. The highest BCUT2D eigenvalue weighted by Crippen LogP contribution is 2.14. The number of carbonyl (C=O) groups is 1. The second kappa shape index (κ2) is 7.49. The molecule has 0 bridgehead atoms. The summed E-state index contributed by atoms with van der Waals surface area (Å²) in [7, 11) is 0. The number of ether oxygens (including phenoxy) is 1. The van der Waals surface area contributed by atoms with Gasteiger partial charge in [0.1, 0.15) is 0 Å². The number of benzene rings is 1. The third kappa shape index (κ3) is 6.47. The molecule has 0 fully saturated rings. The van der Waals surface area contributed by atoms with E-state index in [2.05, 4.69) is 28.1 Å². The average molecular weight is 299 g/mol. The Morgan fingerprint density at radius 3 is 2.53 bits per heavy atom. The van der Waals surface area contributed by atoms with Gasteiger partial charge in [0.15, 0.2) is 5.01 Å². The van der Waals surface area contributed by atoms with Gasteiger partial charge in [0.05, 0.1) is 0 Å². The van der Waals surface area contributed by atoms with Crippen molar-refractivity contribution in [2.45, 2.75) is 38.1 Å². The van der Waals surface area contributed by atoms with Crippen LogP contribution in [0.2, 0.25) is 0 Å². The standard InChI is InChI=1S/C14H19BrO2/c1-11(2)10-14(16)17-13(15)9-8-12-6-4-3-5-7-12/h3-7,11,13H,8-10H2,1-2H3. The first-order valence-corrected chi connectivity index (χ1v) is 6.87. The second-order valence-electron chi connectivity index (χ2n) is 4.52. The molecule has 0 aromatic heterocycles. The number of hydrogen-bond acceptors (Lipinski definition) is 2. The average Bonchev–Trinajstić information content (AvgIpc) is 2.26. The number of hydrogen-bond donors (Lipinski definition) is 0. The van der Waals surface area contributed by atoms with Crippen molar-refractivity contribution >= 4 is 21.9 Å². The lowest BCUT2D eigenvalue weighted by Gasteiger charge is -2.12. The van der Waals surface area contributed by atoms with Crippen LogP contribution in [-0.4, -0.2) is 11.0 Å². The van der Waals surface area contributed by atoms with Crippen molar-refractivity contribution < 1.29 is 9.53 Å². The van der Waals surface area contributed by atoms with Gasteiger partial charge in [-0.1, -0.05) is 44.2 Å². The van der Waals surface area contributed by atoms with Gasteiger partial charge in [-0.05, 0) is 40.3 Å². The molecule has 1 aromatic carbocycles. The lowest BCUT2D eigenvalue weighted by molar-refractivity contribution is -0.145. The molecule has 1 unspecified atom stereocenters. The Labute approximate surface area is 111 Å².